The number of hydrogen-bond donors (Lipinski definition) is 1. The van der Waals surface area contributed by atoms with Gasteiger partial charge >= 0.3 is 0 Å². The maximum absolute atomic E-state index is 10.0. The predicted molar refractivity (Wildman–Crippen MR) is 68.5 cm³/mol. The summed E-state index contributed by atoms with van der Waals surface area (Å²) in [5, 5.41) is 10.0. The maximum atomic E-state index is 10.0. The Bertz CT molecular complexity index is 309. The number of rotatable bonds is 5. The molecule has 1 rings (SSSR count). The third-order valence-electron chi connectivity index (χ3n) is 2.62. The SMILES string of the molecule is CSCCCC(O)c1cc(C)ccc1C. The van der Waals surface area contributed by atoms with Crippen LogP contribution in [0.2, 0.25) is 0 Å². The molecule has 0 aliphatic rings. The van der Waals surface area contributed by atoms with Crippen molar-refractivity contribution < 1.29 is 5.11 Å². The lowest BCUT2D eigenvalue weighted by Crippen LogP contribution is -2.01. The van der Waals surface area contributed by atoms with E-state index in [0.29, 0.717) is 0 Å². The first kappa shape index (κ1) is 12.6. The summed E-state index contributed by atoms with van der Waals surface area (Å²) in [6.45, 7) is 4.13. The van der Waals surface area contributed by atoms with Crippen molar-refractivity contribution in [2.45, 2.75) is 32.8 Å². The van der Waals surface area contributed by atoms with E-state index in [9.17, 15) is 5.11 Å². The van der Waals surface area contributed by atoms with Crippen LogP contribution in [0.3, 0.4) is 0 Å². The van der Waals surface area contributed by atoms with Crippen molar-refractivity contribution in [2.24, 2.45) is 0 Å². The second-order valence-electron chi connectivity index (χ2n) is 4.01. The lowest BCUT2D eigenvalue weighted by atomic mass is 9.98. The summed E-state index contributed by atoms with van der Waals surface area (Å²) in [6.07, 6.45) is 3.75. The van der Waals surface area contributed by atoms with Crippen LogP contribution in [0.15, 0.2) is 18.2 Å². The molecule has 0 saturated heterocycles. The predicted octanol–water partition coefficient (Wildman–Crippen LogP) is 3.48. The van der Waals surface area contributed by atoms with Crippen molar-refractivity contribution in [3.05, 3.63) is 34.9 Å². The van der Waals surface area contributed by atoms with Gasteiger partial charge in [-0.25, -0.2) is 0 Å². The Morgan fingerprint density at radius 1 is 1.33 bits per heavy atom. The van der Waals surface area contributed by atoms with Crippen LogP contribution in [0.5, 0.6) is 0 Å². The van der Waals surface area contributed by atoms with Crippen molar-refractivity contribution in [2.75, 3.05) is 12.0 Å². The van der Waals surface area contributed by atoms with E-state index in [0.717, 1.165) is 24.2 Å². The summed E-state index contributed by atoms with van der Waals surface area (Å²) in [7, 11) is 0. The van der Waals surface area contributed by atoms with Crippen molar-refractivity contribution in [1.82, 2.24) is 0 Å². The molecule has 1 atom stereocenters. The lowest BCUT2D eigenvalue weighted by Gasteiger charge is -2.14. The van der Waals surface area contributed by atoms with E-state index in [4.69, 9.17) is 0 Å². The highest BCUT2D eigenvalue weighted by molar-refractivity contribution is 7.98. The number of aryl methyl sites for hydroxylation is 2. The average molecular weight is 224 g/mol. The van der Waals surface area contributed by atoms with Crippen molar-refractivity contribution in [3.8, 4) is 0 Å². The van der Waals surface area contributed by atoms with E-state index >= 15 is 0 Å². The van der Waals surface area contributed by atoms with Gasteiger partial charge in [0.15, 0.2) is 0 Å². The first-order valence-electron chi connectivity index (χ1n) is 5.39. The van der Waals surface area contributed by atoms with Crippen LogP contribution in [-0.4, -0.2) is 17.1 Å². The van der Waals surface area contributed by atoms with E-state index in [-0.39, 0.29) is 6.10 Å². The molecule has 1 nitrogen and oxygen atoms in total. The molecule has 0 fully saturated rings. The van der Waals surface area contributed by atoms with Gasteiger partial charge in [0, 0.05) is 0 Å². The van der Waals surface area contributed by atoms with E-state index in [1.54, 1.807) is 0 Å². The molecule has 2 heteroatoms. The minimum atomic E-state index is -0.294. The zero-order valence-electron chi connectivity index (χ0n) is 9.79. The fourth-order valence-electron chi connectivity index (χ4n) is 1.70. The summed E-state index contributed by atoms with van der Waals surface area (Å²) in [4.78, 5) is 0. The highest BCUT2D eigenvalue weighted by Gasteiger charge is 2.09. The quantitative estimate of drug-likeness (QED) is 0.773. The first-order chi connectivity index (χ1) is 7.15. The second-order valence-corrected chi connectivity index (χ2v) is 5.00. The minimum Gasteiger partial charge on any atom is -0.388 e. The van der Waals surface area contributed by atoms with Crippen LogP contribution in [0.1, 0.15) is 35.6 Å². The van der Waals surface area contributed by atoms with Crippen molar-refractivity contribution in [1.29, 1.82) is 0 Å². The Morgan fingerprint density at radius 2 is 2.07 bits per heavy atom. The molecule has 0 saturated carbocycles. The topological polar surface area (TPSA) is 20.2 Å². The standard InChI is InChI=1S/C13H20OS/c1-10-6-7-11(2)12(9-10)13(14)5-4-8-15-3/h6-7,9,13-14H,4-5,8H2,1-3H3. The number of benzene rings is 1. The highest BCUT2D eigenvalue weighted by Crippen LogP contribution is 2.23. The van der Waals surface area contributed by atoms with Crippen LogP contribution in [-0.2, 0) is 0 Å². The van der Waals surface area contributed by atoms with Gasteiger partial charge < -0.3 is 5.11 Å². The lowest BCUT2D eigenvalue weighted by molar-refractivity contribution is 0.166. The number of aliphatic hydroxyl groups is 1. The van der Waals surface area contributed by atoms with E-state index in [1.807, 2.05) is 11.8 Å². The molecule has 84 valence electrons. The van der Waals surface area contributed by atoms with Gasteiger partial charge in [0.05, 0.1) is 6.10 Å². The zero-order chi connectivity index (χ0) is 11.3. The second kappa shape index (κ2) is 6.19. The summed E-state index contributed by atoms with van der Waals surface area (Å²) in [5.41, 5.74) is 3.51. The largest absolute Gasteiger partial charge is 0.388 e. The smallest absolute Gasteiger partial charge is 0.0793 e. The first-order valence-corrected chi connectivity index (χ1v) is 6.78. The van der Waals surface area contributed by atoms with Gasteiger partial charge in [-0.05, 0) is 49.8 Å². The average Bonchev–Trinajstić information content (AvgIpc) is 2.22. The molecular weight excluding hydrogens is 204 g/mol. The van der Waals surface area contributed by atoms with Gasteiger partial charge in [0.1, 0.15) is 0 Å². The van der Waals surface area contributed by atoms with Crippen molar-refractivity contribution in [3.63, 3.8) is 0 Å². The minimum absolute atomic E-state index is 0.294. The summed E-state index contributed by atoms with van der Waals surface area (Å²) in [6, 6.07) is 6.27. The van der Waals surface area contributed by atoms with Crippen molar-refractivity contribution >= 4 is 11.8 Å². The molecule has 0 radical (unpaired) electrons. The molecule has 0 aliphatic carbocycles. The van der Waals surface area contributed by atoms with Crippen LogP contribution in [0.25, 0.3) is 0 Å². The molecule has 0 aliphatic heterocycles. The van der Waals surface area contributed by atoms with Crippen LogP contribution in [0.4, 0.5) is 0 Å². The van der Waals surface area contributed by atoms with Gasteiger partial charge in [0.2, 0.25) is 0 Å². The van der Waals surface area contributed by atoms with Gasteiger partial charge in [-0.15, -0.1) is 0 Å². The molecule has 0 heterocycles. The molecule has 15 heavy (non-hydrogen) atoms. The molecule has 0 aromatic heterocycles. The highest BCUT2D eigenvalue weighted by atomic mass is 32.2. The Morgan fingerprint density at radius 3 is 2.73 bits per heavy atom. The molecule has 1 aromatic carbocycles. The Hall–Kier alpha value is -0.470. The zero-order valence-corrected chi connectivity index (χ0v) is 10.6. The summed E-state index contributed by atoms with van der Waals surface area (Å²) >= 11 is 1.84. The van der Waals surface area contributed by atoms with Crippen LogP contribution >= 0.6 is 11.8 Å². The monoisotopic (exact) mass is 224 g/mol. The number of hydrogen-bond acceptors (Lipinski definition) is 2. The Labute approximate surface area is 96.9 Å². The fraction of sp³-hybridized carbons (Fsp3) is 0.538. The van der Waals surface area contributed by atoms with Crippen LogP contribution in [0, 0.1) is 13.8 Å². The number of thioether (sulfide) groups is 1. The van der Waals surface area contributed by atoms with Gasteiger partial charge in [-0.2, -0.15) is 11.8 Å². The summed E-state index contributed by atoms with van der Waals surface area (Å²) < 4.78 is 0. The van der Waals surface area contributed by atoms with E-state index in [1.165, 1.54) is 11.1 Å². The molecule has 1 aromatic rings. The van der Waals surface area contributed by atoms with Gasteiger partial charge in [-0.1, -0.05) is 23.8 Å². The molecular formula is C13H20OS. The maximum Gasteiger partial charge on any atom is 0.0793 e. The normalized spacial score (nSPS) is 12.8. The van der Waals surface area contributed by atoms with Gasteiger partial charge in [0.25, 0.3) is 0 Å². The van der Waals surface area contributed by atoms with Crippen LogP contribution < -0.4 is 0 Å². The molecule has 1 N–H and O–H groups in total. The third kappa shape index (κ3) is 3.88. The molecule has 0 spiro atoms. The van der Waals surface area contributed by atoms with Gasteiger partial charge in [-0.3, -0.25) is 0 Å². The third-order valence-corrected chi connectivity index (χ3v) is 3.32. The fourth-order valence-corrected chi connectivity index (χ4v) is 2.15. The van der Waals surface area contributed by atoms with E-state index in [2.05, 4.69) is 38.3 Å². The Kier molecular flexibility index (Phi) is 5.20. The number of aliphatic hydroxyl groups excluding tert-OH is 1. The van der Waals surface area contributed by atoms with E-state index < -0.39 is 0 Å². The molecule has 0 amide bonds. The summed E-state index contributed by atoms with van der Waals surface area (Å²) in [5.74, 6) is 1.13. The Balaban J connectivity index is 2.64. The molecule has 1 unspecified atom stereocenters. The molecule has 0 bridgehead atoms.